The molecule has 0 radical (unpaired) electrons. The number of fused-ring (bicyclic) bond motifs is 1. The van der Waals surface area contributed by atoms with Crippen molar-refractivity contribution in [1.82, 2.24) is 19.5 Å². The van der Waals surface area contributed by atoms with Crippen molar-refractivity contribution in [3.05, 3.63) is 12.7 Å². The number of nitrogens with two attached hydrogens (primary N) is 1. The maximum absolute atomic E-state index is 11.5. The molecule has 0 saturated carbocycles. The van der Waals surface area contributed by atoms with E-state index in [1.165, 1.54) is 0 Å². The second-order valence-corrected chi connectivity index (χ2v) is 7.15. The summed E-state index contributed by atoms with van der Waals surface area (Å²) in [5.74, 6) is -4.86. The molecule has 0 spiro atoms. The molecule has 0 bridgehead atoms. The highest BCUT2D eigenvalue weighted by atomic mass is 16.6. The van der Waals surface area contributed by atoms with Crippen LogP contribution in [0.25, 0.3) is 11.2 Å². The molecule has 0 amide bonds. The number of nitrogen functional groups attached to an aromatic ring is 1. The highest BCUT2D eigenvalue weighted by Crippen LogP contribution is 2.51. The van der Waals surface area contributed by atoms with Gasteiger partial charge < -0.3 is 41.1 Å². The minimum Gasteiger partial charge on any atom is -0.481 e. The fraction of sp³-hybridized carbons (Fsp3) is 0.500. The zero-order valence-electron chi connectivity index (χ0n) is 15.7. The van der Waals surface area contributed by atoms with Gasteiger partial charge in [-0.2, -0.15) is 0 Å². The molecule has 0 aliphatic carbocycles. The molecule has 1 fully saturated rings. The van der Waals surface area contributed by atoms with Gasteiger partial charge >= 0.3 is 17.9 Å². The van der Waals surface area contributed by atoms with Crippen LogP contribution >= 0.6 is 0 Å². The van der Waals surface area contributed by atoms with Crippen molar-refractivity contribution in [2.24, 2.45) is 0 Å². The maximum Gasteiger partial charge on any atom is 0.306 e. The van der Waals surface area contributed by atoms with Crippen molar-refractivity contribution in [2.75, 3.05) is 5.73 Å². The van der Waals surface area contributed by atoms with E-state index >= 15 is 0 Å². The lowest BCUT2D eigenvalue weighted by molar-refractivity contribution is -0.188. The van der Waals surface area contributed by atoms with E-state index < -0.39 is 66.8 Å². The fourth-order valence-electron chi connectivity index (χ4n) is 3.81. The molecule has 1 saturated heterocycles. The van der Waals surface area contributed by atoms with E-state index in [9.17, 15) is 39.9 Å². The van der Waals surface area contributed by atoms with Crippen LogP contribution in [0.3, 0.4) is 0 Å². The predicted molar refractivity (Wildman–Crippen MR) is 96.3 cm³/mol. The van der Waals surface area contributed by atoms with Crippen molar-refractivity contribution in [3.8, 4) is 0 Å². The number of anilines is 1. The molecule has 3 rings (SSSR count). The molecule has 31 heavy (non-hydrogen) atoms. The number of hydrogen-bond acceptors (Lipinski definition) is 11. The van der Waals surface area contributed by atoms with E-state index in [0.717, 1.165) is 17.2 Å². The molecular formula is C16H19N5O10. The number of carboxylic acids is 3. The number of aliphatic carboxylic acids is 3. The lowest BCUT2D eigenvalue weighted by Gasteiger charge is -2.40. The van der Waals surface area contributed by atoms with Gasteiger partial charge in [-0.25, -0.2) is 15.0 Å². The summed E-state index contributed by atoms with van der Waals surface area (Å²) >= 11 is 0. The maximum atomic E-state index is 11.5. The van der Waals surface area contributed by atoms with E-state index in [4.69, 9.17) is 15.6 Å². The summed E-state index contributed by atoms with van der Waals surface area (Å²) in [6.45, 7) is 0. The Morgan fingerprint density at radius 2 is 1.68 bits per heavy atom. The van der Waals surface area contributed by atoms with Gasteiger partial charge in [-0.05, 0) is 0 Å². The molecule has 168 valence electrons. The third-order valence-electron chi connectivity index (χ3n) is 5.12. The molecule has 3 heterocycles. The van der Waals surface area contributed by atoms with Crippen LogP contribution in [0.5, 0.6) is 0 Å². The van der Waals surface area contributed by atoms with E-state index in [-0.39, 0.29) is 17.0 Å². The average Bonchev–Trinajstić information content (AvgIpc) is 3.12. The third-order valence-corrected chi connectivity index (χ3v) is 5.12. The number of aliphatic hydroxyl groups is 3. The topological polar surface area (TPSA) is 251 Å². The highest BCUT2D eigenvalue weighted by molar-refractivity contribution is 5.81. The van der Waals surface area contributed by atoms with Gasteiger partial charge in [0.15, 0.2) is 23.3 Å². The zero-order chi connectivity index (χ0) is 23.1. The number of carbonyl (C=O) groups is 3. The van der Waals surface area contributed by atoms with Gasteiger partial charge in [-0.1, -0.05) is 0 Å². The highest BCUT2D eigenvalue weighted by Gasteiger charge is 2.69. The van der Waals surface area contributed by atoms with Gasteiger partial charge in [0.05, 0.1) is 31.7 Å². The predicted octanol–water partition coefficient (Wildman–Crippen LogP) is -2.45. The first kappa shape index (κ1) is 22.3. The van der Waals surface area contributed by atoms with Gasteiger partial charge in [-0.15, -0.1) is 0 Å². The zero-order valence-corrected chi connectivity index (χ0v) is 15.7. The molecular weight excluding hydrogens is 422 g/mol. The average molecular weight is 441 g/mol. The van der Waals surface area contributed by atoms with E-state index in [2.05, 4.69) is 15.0 Å². The van der Waals surface area contributed by atoms with Crippen LogP contribution in [0, 0.1) is 0 Å². The van der Waals surface area contributed by atoms with Crippen LogP contribution in [0.2, 0.25) is 0 Å². The lowest BCUT2D eigenvalue weighted by Crippen LogP contribution is -2.62. The summed E-state index contributed by atoms with van der Waals surface area (Å²) in [6.07, 6.45) is -7.21. The van der Waals surface area contributed by atoms with Gasteiger partial charge in [0.25, 0.3) is 0 Å². The summed E-state index contributed by atoms with van der Waals surface area (Å²) in [5, 5.41) is 60.5. The van der Waals surface area contributed by atoms with Gasteiger partial charge in [-0.3, -0.25) is 19.0 Å². The van der Waals surface area contributed by atoms with Crippen molar-refractivity contribution in [2.45, 2.75) is 48.9 Å². The minimum atomic E-state index is -2.91. The number of aliphatic hydroxyl groups excluding tert-OH is 1. The van der Waals surface area contributed by atoms with Gasteiger partial charge in [0.1, 0.15) is 23.5 Å². The molecule has 15 heteroatoms. The third kappa shape index (κ3) is 3.63. The summed E-state index contributed by atoms with van der Waals surface area (Å²) < 4.78 is 6.53. The van der Waals surface area contributed by atoms with Crippen molar-refractivity contribution < 1.29 is 49.8 Å². The summed E-state index contributed by atoms with van der Waals surface area (Å²) in [7, 11) is 0. The van der Waals surface area contributed by atoms with E-state index in [1.54, 1.807) is 0 Å². The molecule has 1 aliphatic rings. The van der Waals surface area contributed by atoms with Gasteiger partial charge in [0, 0.05) is 0 Å². The Morgan fingerprint density at radius 3 is 2.26 bits per heavy atom. The number of aromatic nitrogens is 4. The molecule has 1 unspecified atom stereocenters. The SMILES string of the molecule is Nc1ncnc2c1ncn2[C@@H]1O[C@H](C(O)CC(=O)O)[C@](O)(CC(=O)O)[C@]1(O)CC(=O)O. The number of carboxylic acid groups (broad SMARTS) is 3. The van der Waals surface area contributed by atoms with Crippen molar-refractivity contribution >= 4 is 34.9 Å². The molecule has 0 aromatic carbocycles. The van der Waals surface area contributed by atoms with E-state index in [0.29, 0.717) is 0 Å². The Bertz CT molecular complexity index is 1040. The first-order valence-corrected chi connectivity index (χ1v) is 8.77. The second-order valence-electron chi connectivity index (χ2n) is 7.15. The number of imidazole rings is 1. The normalized spacial score (nSPS) is 29.1. The number of nitrogens with zero attached hydrogens (tertiary/aromatic N) is 4. The van der Waals surface area contributed by atoms with Gasteiger partial charge in [0.2, 0.25) is 0 Å². The monoisotopic (exact) mass is 441 g/mol. The Hall–Kier alpha value is -3.40. The molecule has 5 atom stereocenters. The standard InChI is InChI=1S/C16H19N5O10/c17-12-10-13(19-4-18-12)21(5-20-10)14-16(30,3-9(27)28)15(29,2-8(25)26)11(31-14)6(22)1-7(23)24/h4-6,11,14,22,29-30H,1-3H2,(H,23,24)(H,25,26)(H,27,28)(H2,17,18,19)/t6?,11-,14-,15-,16+/m1/s1. The first-order valence-electron chi connectivity index (χ1n) is 8.77. The van der Waals surface area contributed by atoms with Crippen LogP contribution in [0.1, 0.15) is 25.5 Å². The van der Waals surface area contributed by atoms with E-state index in [1.807, 2.05) is 0 Å². The molecule has 1 aliphatic heterocycles. The Morgan fingerprint density at radius 1 is 1.06 bits per heavy atom. The van der Waals surface area contributed by atoms with Crippen LogP contribution in [0.15, 0.2) is 12.7 Å². The number of ether oxygens (including phenoxy) is 1. The Labute approximate surface area is 172 Å². The fourth-order valence-corrected chi connectivity index (χ4v) is 3.81. The molecule has 2 aromatic rings. The summed E-state index contributed by atoms with van der Waals surface area (Å²) in [4.78, 5) is 45.6. The Kier molecular flexibility index (Phi) is 5.53. The summed E-state index contributed by atoms with van der Waals surface area (Å²) in [5.41, 5.74) is -0.0609. The quantitative estimate of drug-likeness (QED) is 0.225. The van der Waals surface area contributed by atoms with Crippen molar-refractivity contribution in [3.63, 3.8) is 0 Å². The number of hydrogen-bond donors (Lipinski definition) is 7. The molecule has 8 N–H and O–H groups in total. The lowest BCUT2D eigenvalue weighted by atomic mass is 9.73. The minimum absolute atomic E-state index is 0.0417. The summed E-state index contributed by atoms with van der Waals surface area (Å²) in [6, 6.07) is 0. The first-order chi connectivity index (χ1) is 14.4. The van der Waals surface area contributed by atoms with Crippen molar-refractivity contribution in [1.29, 1.82) is 0 Å². The van der Waals surface area contributed by atoms with Crippen LogP contribution in [-0.4, -0.2) is 91.5 Å². The van der Waals surface area contributed by atoms with Crippen LogP contribution < -0.4 is 5.73 Å². The second kappa shape index (κ2) is 7.69. The largest absolute Gasteiger partial charge is 0.481 e. The molecule has 15 nitrogen and oxygen atoms in total. The Balaban J connectivity index is 2.21. The van der Waals surface area contributed by atoms with Crippen LogP contribution in [-0.2, 0) is 19.1 Å². The molecule has 2 aromatic heterocycles. The van der Waals surface area contributed by atoms with Crippen LogP contribution in [0.4, 0.5) is 5.82 Å². The smallest absolute Gasteiger partial charge is 0.306 e. The number of rotatable bonds is 8.